The molecular weight excluding hydrogens is 428 g/mol. The van der Waals surface area contributed by atoms with Gasteiger partial charge in [-0.25, -0.2) is 0 Å². The van der Waals surface area contributed by atoms with Gasteiger partial charge in [0.05, 0.1) is 0 Å². The Kier molecular flexibility index (Phi) is 11.9. The van der Waals surface area contributed by atoms with E-state index in [1.807, 2.05) is 12.1 Å². The molecular formula is C33H48O2. The molecule has 1 atom stereocenters. The average Bonchev–Trinajstić information content (AvgIpc) is 2.89. The number of carbonyl (C=O) groups excluding carboxylic acids is 1. The van der Waals surface area contributed by atoms with Crippen LogP contribution in [0.2, 0.25) is 0 Å². The van der Waals surface area contributed by atoms with Gasteiger partial charge in [-0.2, -0.15) is 0 Å². The van der Waals surface area contributed by atoms with E-state index in [9.17, 15) is 4.79 Å². The molecule has 0 spiro atoms. The molecule has 3 rings (SSSR count). The van der Waals surface area contributed by atoms with Gasteiger partial charge in [0.25, 0.3) is 0 Å². The van der Waals surface area contributed by atoms with Crippen LogP contribution in [0.4, 0.5) is 0 Å². The first-order chi connectivity index (χ1) is 17.1. The molecule has 0 N–H and O–H groups in total. The Morgan fingerprint density at radius 1 is 0.886 bits per heavy atom. The zero-order valence-electron chi connectivity index (χ0n) is 22.6. The molecule has 35 heavy (non-hydrogen) atoms. The molecule has 2 aromatic rings. The molecule has 0 bridgehead atoms. The van der Waals surface area contributed by atoms with Gasteiger partial charge in [0.2, 0.25) is 0 Å². The number of ether oxygens (including phenoxy) is 1. The van der Waals surface area contributed by atoms with Gasteiger partial charge in [0.1, 0.15) is 5.75 Å². The lowest BCUT2D eigenvalue weighted by Crippen LogP contribution is -2.12. The van der Waals surface area contributed by atoms with Crippen molar-refractivity contribution in [2.75, 3.05) is 0 Å². The summed E-state index contributed by atoms with van der Waals surface area (Å²) in [7, 11) is 0. The van der Waals surface area contributed by atoms with Gasteiger partial charge in [0.15, 0.2) is 0 Å². The highest BCUT2D eigenvalue weighted by Gasteiger charge is 2.20. The van der Waals surface area contributed by atoms with Crippen LogP contribution in [0.15, 0.2) is 42.5 Å². The predicted octanol–water partition coefficient (Wildman–Crippen LogP) is 9.69. The van der Waals surface area contributed by atoms with E-state index in [0.717, 1.165) is 12.8 Å². The van der Waals surface area contributed by atoms with Crippen LogP contribution in [0.1, 0.15) is 138 Å². The van der Waals surface area contributed by atoms with Gasteiger partial charge < -0.3 is 4.74 Å². The minimum atomic E-state index is -0.129. The third kappa shape index (κ3) is 9.13. The van der Waals surface area contributed by atoms with Crippen molar-refractivity contribution in [1.82, 2.24) is 0 Å². The highest BCUT2D eigenvalue weighted by Crippen LogP contribution is 2.37. The van der Waals surface area contributed by atoms with Gasteiger partial charge in [-0.15, -0.1) is 0 Å². The summed E-state index contributed by atoms with van der Waals surface area (Å²) < 4.78 is 5.69. The molecule has 0 aliphatic heterocycles. The summed E-state index contributed by atoms with van der Waals surface area (Å²) in [6.07, 6.45) is 17.8. The van der Waals surface area contributed by atoms with Gasteiger partial charge in [-0.05, 0) is 84.7 Å². The molecule has 1 aliphatic rings. The Labute approximate surface area is 214 Å². The van der Waals surface area contributed by atoms with Crippen LogP contribution >= 0.6 is 0 Å². The smallest absolute Gasteiger partial charge is 0.311 e. The molecule has 1 unspecified atom stereocenters. The molecule has 0 heterocycles. The molecule has 0 radical (unpaired) electrons. The summed E-state index contributed by atoms with van der Waals surface area (Å²) in [6.45, 7) is 6.86. The van der Waals surface area contributed by atoms with Crippen LogP contribution in [0, 0.1) is 0 Å². The number of esters is 1. The number of hydrogen-bond donors (Lipinski definition) is 0. The number of carbonyl (C=O) groups is 1. The van der Waals surface area contributed by atoms with Crippen molar-refractivity contribution >= 4 is 5.97 Å². The number of rotatable bonds is 14. The fourth-order valence-electron chi connectivity index (χ4n) is 5.62. The second kappa shape index (κ2) is 15.1. The summed E-state index contributed by atoms with van der Waals surface area (Å²) in [4.78, 5) is 12.7. The van der Waals surface area contributed by atoms with Crippen molar-refractivity contribution in [3.05, 3.63) is 64.7 Å². The Bertz CT molecular complexity index is 876. The first-order valence-electron chi connectivity index (χ1n) is 14.5. The van der Waals surface area contributed by atoms with E-state index in [-0.39, 0.29) is 5.97 Å². The lowest BCUT2D eigenvalue weighted by Gasteiger charge is -2.26. The van der Waals surface area contributed by atoms with Crippen LogP contribution in [-0.4, -0.2) is 5.97 Å². The van der Waals surface area contributed by atoms with Crippen molar-refractivity contribution in [2.24, 2.45) is 0 Å². The summed E-state index contributed by atoms with van der Waals surface area (Å²) in [5, 5.41) is 0. The lowest BCUT2D eigenvalue weighted by atomic mass is 9.79. The third-order valence-electron chi connectivity index (χ3n) is 7.83. The maximum atomic E-state index is 12.7. The van der Waals surface area contributed by atoms with Crippen molar-refractivity contribution in [3.8, 4) is 5.75 Å². The molecule has 0 saturated heterocycles. The van der Waals surface area contributed by atoms with E-state index < -0.39 is 0 Å². The summed E-state index contributed by atoms with van der Waals surface area (Å²) >= 11 is 0. The quantitative estimate of drug-likeness (QED) is 0.154. The predicted molar refractivity (Wildman–Crippen MR) is 148 cm³/mol. The van der Waals surface area contributed by atoms with Gasteiger partial charge in [-0.1, -0.05) is 102 Å². The van der Waals surface area contributed by atoms with Gasteiger partial charge in [0, 0.05) is 6.42 Å². The van der Waals surface area contributed by atoms with Crippen molar-refractivity contribution < 1.29 is 9.53 Å². The molecule has 0 aromatic heterocycles. The number of benzene rings is 2. The molecule has 192 valence electrons. The Hall–Kier alpha value is -2.09. The topological polar surface area (TPSA) is 26.3 Å². The monoisotopic (exact) mass is 476 g/mol. The second-order valence-electron chi connectivity index (χ2n) is 10.8. The Morgan fingerprint density at radius 2 is 1.63 bits per heavy atom. The largest absolute Gasteiger partial charge is 0.427 e. The molecule has 2 nitrogen and oxygen atoms in total. The number of hydrogen-bond acceptors (Lipinski definition) is 2. The van der Waals surface area contributed by atoms with Gasteiger partial charge >= 0.3 is 5.97 Å². The van der Waals surface area contributed by atoms with Gasteiger partial charge in [-0.3, -0.25) is 4.79 Å². The first-order valence-corrected chi connectivity index (χ1v) is 14.5. The van der Waals surface area contributed by atoms with E-state index in [1.54, 1.807) is 0 Å². The van der Waals surface area contributed by atoms with Crippen LogP contribution in [0.25, 0.3) is 0 Å². The summed E-state index contributed by atoms with van der Waals surface area (Å²) in [6, 6.07) is 15.2. The Morgan fingerprint density at radius 3 is 2.34 bits per heavy atom. The number of aryl methyl sites for hydroxylation is 2. The van der Waals surface area contributed by atoms with E-state index in [4.69, 9.17) is 4.74 Å². The SMILES string of the molecule is CCCCCCCc1ccc(OC(=O)CCc2ccc(C(C)CCC)cc2C2CCCCC2)cc1. The summed E-state index contributed by atoms with van der Waals surface area (Å²) in [5.41, 5.74) is 5.64. The maximum Gasteiger partial charge on any atom is 0.311 e. The highest BCUT2D eigenvalue weighted by atomic mass is 16.5. The van der Waals surface area contributed by atoms with Crippen molar-refractivity contribution in [1.29, 1.82) is 0 Å². The second-order valence-corrected chi connectivity index (χ2v) is 10.8. The van der Waals surface area contributed by atoms with Crippen LogP contribution < -0.4 is 4.74 Å². The fraction of sp³-hybridized carbons (Fsp3) is 0.606. The van der Waals surface area contributed by atoms with Crippen LogP contribution in [0.3, 0.4) is 0 Å². The summed E-state index contributed by atoms with van der Waals surface area (Å²) in [5.74, 6) is 1.79. The molecule has 1 fully saturated rings. The van der Waals surface area contributed by atoms with E-state index in [2.05, 4.69) is 51.1 Å². The van der Waals surface area contributed by atoms with Crippen LogP contribution in [-0.2, 0) is 17.6 Å². The van der Waals surface area contributed by atoms with Crippen molar-refractivity contribution in [2.45, 2.75) is 129 Å². The molecule has 2 aromatic carbocycles. The maximum absolute atomic E-state index is 12.7. The van der Waals surface area contributed by atoms with Crippen molar-refractivity contribution in [3.63, 3.8) is 0 Å². The lowest BCUT2D eigenvalue weighted by molar-refractivity contribution is -0.134. The number of unbranched alkanes of at least 4 members (excludes halogenated alkanes) is 4. The van der Waals surface area contributed by atoms with E-state index in [1.165, 1.54) is 99.3 Å². The standard InChI is InChI=1S/C33H48O2/c1-4-6-7-8-10-14-27-17-22-31(23-18-27)35-33(34)24-21-29-19-20-30(26(3)13-5-2)25-32(29)28-15-11-9-12-16-28/h17-20,22-23,25-26,28H,4-16,21,24H2,1-3H3. The normalized spacial score (nSPS) is 15.2. The minimum Gasteiger partial charge on any atom is -0.427 e. The van der Waals surface area contributed by atoms with Crippen LogP contribution in [0.5, 0.6) is 5.75 Å². The first kappa shape index (κ1) is 27.5. The van der Waals surface area contributed by atoms with E-state index in [0.29, 0.717) is 24.0 Å². The fourth-order valence-corrected chi connectivity index (χ4v) is 5.62. The van der Waals surface area contributed by atoms with E-state index >= 15 is 0 Å². The minimum absolute atomic E-state index is 0.129. The zero-order chi connectivity index (χ0) is 24.9. The highest BCUT2D eigenvalue weighted by molar-refractivity contribution is 5.72. The zero-order valence-corrected chi connectivity index (χ0v) is 22.6. The average molecular weight is 477 g/mol. The molecule has 0 amide bonds. The molecule has 2 heteroatoms. The molecule has 1 aliphatic carbocycles. The molecule has 1 saturated carbocycles. The third-order valence-corrected chi connectivity index (χ3v) is 7.83. The Balaban J connectivity index is 1.55.